The van der Waals surface area contributed by atoms with Gasteiger partial charge in [0.05, 0.1) is 28.2 Å². The second-order valence-corrected chi connectivity index (χ2v) is 21.2. The van der Waals surface area contributed by atoms with Crippen LogP contribution in [0.25, 0.3) is 0 Å². The summed E-state index contributed by atoms with van der Waals surface area (Å²) in [4.78, 5) is 15.1. The molecule has 0 aromatic carbocycles. The van der Waals surface area contributed by atoms with Crippen LogP contribution in [-0.4, -0.2) is 100 Å². The van der Waals surface area contributed by atoms with E-state index >= 15 is 0 Å². The minimum absolute atomic E-state index is 0. The molecule has 13 heteroatoms. The summed E-state index contributed by atoms with van der Waals surface area (Å²) < 4.78 is 61.0. The molecule has 0 aliphatic rings. The van der Waals surface area contributed by atoms with Crippen molar-refractivity contribution >= 4 is 69.8 Å². The van der Waals surface area contributed by atoms with Crippen molar-refractivity contribution < 1.29 is 35.8 Å². The molecule has 1 amide bonds. The second-order valence-electron chi connectivity index (χ2n) is 18.1. The summed E-state index contributed by atoms with van der Waals surface area (Å²) in [6, 6.07) is 0. The molecule has 0 radical (unpaired) electrons. The monoisotopic (exact) mass is 961 g/mol. The maximum absolute atomic E-state index is 11.5. The second kappa shape index (κ2) is 53.0. The van der Waals surface area contributed by atoms with Gasteiger partial charge in [0, 0.05) is 13.0 Å². The summed E-state index contributed by atoms with van der Waals surface area (Å²) in [5.74, 6) is -1.42. The molecule has 0 bridgehead atoms. The van der Waals surface area contributed by atoms with Crippen molar-refractivity contribution in [1.82, 2.24) is 5.32 Å². The SMILES string of the molecule is CCCCCCCCCCCCCCCCCCCCCCC(=O)NCCS(=O)(=O)O.CCCCCCCCCCCCCCCCCCCCCCC([O-])=NCCS(=O)(=O)[O-].[Ca+2]. The zero-order chi connectivity index (χ0) is 46.1. The van der Waals surface area contributed by atoms with Gasteiger partial charge in [0.15, 0.2) is 0 Å². The van der Waals surface area contributed by atoms with E-state index in [0.29, 0.717) is 12.8 Å². The topological polar surface area (TPSA) is 176 Å². The first-order chi connectivity index (χ1) is 29.9. The minimum Gasteiger partial charge on any atom is -0.862 e. The molecule has 0 spiro atoms. The molecular formula is C50H100CaN2O8S2. The van der Waals surface area contributed by atoms with Crippen LogP contribution in [0.5, 0.6) is 0 Å². The summed E-state index contributed by atoms with van der Waals surface area (Å²) in [6.07, 6.45) is 53.9. The van der Waals surface area contributed by atoms with Gasteiger partial charge in [-0.1, -0.05) is 258 Å². The average molecular weight is 962 g/mol. The zero-order valence-corrected chi connectivity index (χ0v) is 45.1. The van der Waals surface area contributed by atoms with Gasteiger partial charge < -0.3 is 20.0 Å². The van der Waals surface area contributed by atoms with Crippen molar-refractivity contribution in [3.05, 3.63) is 0 Å². The third-order valence-corrected chi connectivity index (χ3v) is 13.2. The Hall–Kier alpha value is 0.0197. The number of nitrogens with zero attached hydrogens (tertiary/aromatic N) is 1. The fourth-order valence-corrected chi connectivity index (χ4v) is 8.52. The predicted molar refractivity (Wildman–Crippen MR) is 267 cm³/mol. The summed E-state index contributed by atoms with van der Waals surface area (Å²) in [5, 5.41) is 14.0. The molecule has 0 unspecified atom stereocenters. The Labute approximate surface area is 420 Å². The number of carbonyl (C=O) groups is 1. The average Bonchev–Trinajstić information content (AvgIpc) is 3.21. The van der Waals surface area contributed by atoms with Gasteiger partial charge in [-0.15, -0.1) is 0 Å². The van der Waals surface area contributed by atoms with E-state index in [1.54, 1.807) is 0 Å². The molecule has 0 rings (SSSR count). The molecule has 0 atom stereocenters. The normalized spacial score (nSPS) is 11.9. The number of aliphatic imine (C=N–C) groups is 1. The van der Waals surface area contributed by atoms with E-state index in [9.17, 15) is 31.3 Å². The molecule has 372 valence electrons. The van der Waals surface area contributed by atoms with Crippen LogP contribution in [0.1, 0.15) is 284 Å². The van der Waals surface area contributed by atoms with Crippen LogP contribution in [0.3, 0.4) is 0 Å². The van der Waals surface area contributed by atoms with Gasteiger partial charge in [0.1, 0.15) is 0 Å². The molecular weight excluding hydrogens is 861 g/mol. The van der Waals surface area contributed by atoms with Crippen LogP contribution in [0.2, 0.25) is 0 Å². The van der Waals surface area contributed by atoms with Crippen LogP contribution in [0.4, 0.5) is 0 Å². The van der Waals surface area contributed by atoms with E-state index in [4.69, 9.17) is 4.55 Å². The van der Waals surface area contributed by atoms with Crippen molar-refractivity contribution in [2.75, 3.05) is 24.6 Å². The molecule has 0 aromatic heterocycles. The van der Waals surface area contributed by atoms with Gasteiger partial charge in [-0.2, -0.15) is 8.42 Å². The molecule has 63 heavy (non-hydrogen) atoms. The van der Waals surface area contributed by atoms with Gasteiger partial charge in [-0.05, 0) is 25.2 Å². The summed E-state index contributed by atoms with van der Waals surface area (Å²) in [5.41, 5.74) is 0. The Bertz CT molecular complexity index is 1190. The van der Waals surface area contributed by atoms with Crippen LogP contribution >= 0.6 is 0 Å². The summed E-state index contributed by atoms with van der Waals surface area (Å²) in [6.45, 7) is 4.33. The number of rotatable bonds is 48. The molecule has 0 aromatic rings. The molecule has 0 heterocycles. The molecule has 0 aliphatic heterocycles. The number of nitrogens with one attached hydrogen (secondary N) is 1. The first-order valence-corrected chi connectivity index (χ1v) is 29.5. The van der Waals surface area contributed by atoms with Crippen LogP contribution in [-0.2, 0) is 25.0 Å². The molecule has 2 N–H and O–H groups in total. The zero-order valence-electron chi connectivity index (χ0n) is 41.3. The van der Waals surface area contributed by atoms with E-state index in [1.807, 2.05) is 0 Å². The van der Waals surface area contributed by atoms with E-state index < -0.39 is 31.7 Å². The van der Waals surface area contributed by atoms with Crippen LogP contribution in [0.15, 0.2) is 4.99 Å². The maximum atomic E-state index is 11.5. The van der Waals surface area contributed by atoms with E-state index in [2.05, 4.69) is 24.2 Å². The first-order valence-electron chi connectivity index (χ1n) is 26.3. The van der Waals surface area contributed by atoms with E-state index in [0.717, 1.165) is 38.5 Å². The number of amides is 1. The minimum atomic E-state index is -4.27. The fraction of sp³-hybridized carbons (Fsp3) is 0.960. The van der Waals surface area contributed by atoms with Gasteiger partial charge in [-0.25, -0.2) is 8.42 Å². The predicted octanol–water partition coefficient (Wildman–Crippen LogP) is 13.3. The number of hydrogen-bond acceptors (Lipinski definition) is 8. The number of unbranched alkanes of at least 4 members (excludes halogenated alkanes) is 38. The van der Waals surface area contributed by atoms with Gasteiger partial charge in [0.2, 0.25) is 5.91 Å². The number of carbonyl (C=O) groups excluding carboxylic acids is 1. The third kappa shape index (κ3) is 66.4. The Morgan fingerprint density at radius 1 is 0.444 bits per heavy atom. The molecule has 0 saturated carbocycles. The maximum Gasteiger partial charge on any atom is 2.00 e. The Balaban J connectivity index is -0.00000112. The van der Waals surface area contributed by atoms with Gasteiger partial charge in [0.25, 0.3) is 10.1 Å². The van der Waals surface area contributed by atoms with Crippen molar-refractivity contribution in [2.45, 2.75) is 284 Å². The van der Waals surface area contributed by atoms with Crippen molar-refractivity contribution in [2.24, 2.45) is 4.99 Å². The fourth-order valence-electron chi connectivity index (χ4n) is 7.84. The largest absolute Gasteiger partial charge is 2.00 e. The third-order valence-electron chi connectivity index (χ3n) is 11.8. The van der Waals surface area contributed by atoms with E-state index in [1.165, 1.54) is 218 Å². The quantitative estimate of drug-likeness (QED) is 0.0199. The smallest absolute Gasteiger partial charge is 0.862 e. The molecule has 0 fully saturated rings. The summed E-state index contributed by atoms with van der Waals surface area (Å²) in [7, 11) is -8.26. The molecule has 0 aliphatic carbocycles. The van der Waals surface area contributed by atoms with Gasteiger partial charge >= 0.3 is 37.7 Å². The Morgan fingerprint density at radius 3 is 0.952 bits per heavy atom. The Kier molecular flexibility index (Phi) is 56.6. The van der Waals surface area contributed by atoms with Crippen LogP contribution < -0.4 is 10.4 Å². The van der Waals surface area contributed by atoms with Crippen LogP contribution in [0, 0.1) is 0 Å². The van der Waals surface area contributed by atoms with Crippen molar-refractivity contribution in [3.63, 3.8) is 0 Å². The van der Waals surface area contributed by atoms with Crippen molar-refractivity contribution in [3.8, 4) is 0 Å². The molecule has 0 saturated heterocycles. The van der Waals surface area contributed by atoms with Gasteiger partial charge in [-0.3, -0.25) is 9.35 Å². The summed E-state index contributed by atoms with van der Waals surface area (Å²) >= 11 is 0. The number of hydrogen-bond donors (Lipinski definition) is 2. The standard InChI is InChI=1S/2C25H51NO4S.Ca/c2*1-2-3-4-5-6-7-8-9-10-11-12-13-14-15-16-17-18-19-20-21-22-25(27)26-23-24-31(28,29)30;/h2*2-24H2,1H3,(H,26,27)(H,28,29,30);/q;;+2/p-2. The Morgan fingerprint density at radius 2 is 0.698 bits per heavy atom. The first kappa shape index (κ1) is 67.3. The molecule has 10 nitrogen and oxygen atoms in total. The van der Waals surface area contributed by atoms with E-state index in [-0.39, 0.29) is 62.6 Å². The van der Waals surface area contributed by atoms with Crippen molar-refractivity contribution in [1.29, 1.82) is 0 Å².